The van der Waals surface area contributed by atoms with Gasteiger partial charge in [0.2, 0.25) is 5.91 Å². The van der Waals surface area contributed by atoms with Crippen LogP contribution in [0.2, 0.25) is 0 Å². The standard InChI is InChI=1S/C13H23NO3/c1-5-6-7-8-14(4)11(15)9-13(2,3)10-12(16)17/h5H,1,6-10H2,2-4H3,(H,16,17). The first kappa shape index (κ1) is 15.7. The first-order valence-electron chi connectivity index (χ1n) is 5.85. The number of carbonyl (C=O) groups excluding carboxylic acids is 1. The second-order valence-corrected chi connectivity index (χ2v) is 5.16. The van der Waals surface area contributed by atoms with Crippen molar-refractivity contribution in [3.8, 4) is 0 Å². The fourth-order valence-corrected chi connectivity index (χ4v) is 1.61. The Morgan fingerprint density at radius 3 is 2.41 bits per heavy atom. The number of allylic oxidation sites excluding steroid dienone is 1. The minimum absolute atomic E-state index is 0.000289. The predicted octanol–water partition coefficient (Wildman–Crippen LogP) is 2.30. The van der Waals surface area contributed by atoms with Crippen molar-refractivity contribution in [3.63, 3.8) is 0 Å². The lowest BCUT2D eigenvalue weighted by molar-refractivity contribution is -0.140. The maximum atomic E-state index is 11.8. The fourth-order valence-electron chi connectivity index (χ4n) is 1.61. The molecule has 0 aromatic rings. The molecule has 0 radical (unpaired) electrons. The zero-order valence-corrected chi connectivity index (χ0v) is 11.0. The summed E-state index contributed by atoms with van der Waals surface area (Å²) in [7, 11) is 1.75. The highest BCUT2D eigenvalue weighted by atomic mass is 16.4. The Hall–Kier alpha value is -1.32. The van der Waals surface area contributed by atoms with Gasteiger partial charge in [-0.25, -0.2) is 0 Å². The summed E-state index contributed by atoms with van der Waals surface area (Å²) in [5.74, 6) is -0.863. The van der Waals surface area contributed by atoms with Gasteiger partial charge in [0.05, 0.1) is 6.42 Å². The second kappa shape index (κ2) is 7.09. The third-order valence-corrected chi connectivity index (χ3v) is 2.59. The van der Waals surface area contributed by atoms with Gasteiger partial charge in [-0.05, 0) is 18.3 Å². The van der Waals surface area contributed by atoms with Crippen LogP contribution in [0.4, 0.5) is 0 Å². The average Bonchev–Trinajstić information content (AvgIpc) is 2.14. The SMILES string of the molecule is C=CCCCN(C)C(=O)CC(C)(C)CC(=O)O. The smallest absolute Gasteiger partial charge is 0.303 e. The number of amides is 1. The minimum Gasteiger partial charge on any atom is -0.481 e. The maximum Gasteiger partial charge on any atom is 0.303 e. The van der Waals surface area contributed by atoms with Crippen LogP contribution in [0.15, 0.2) is 12.7 Å². The van der Waals surface area contributed by atoms with Gasteiger partial charge in [-0.2, -0.15) is 0 Å². The zero-order chi connectivity index (χ0) is 13.5. The Bertz CT molecular complexity index is 284. The van der Waals surface area contributed by atoms with Crippen LogP contribution in [0.3, 0.4) is 0 Å². The van der Waals surface area contributed by atoms with Crippen LogP contribution in [0.5, 0.6) is 0 Å². The van der Waals surface area contributed by atoms with Crippen molar-refractivity contribution >= 4 is 11.9 Å². The number of nitrogens with zero attached hydrogens (tertiary/aromatic N) is 1. The molecule has 17 heavy (non-hydrogen) atoms. The third-order valence-electron chi connectivity index (χ3n) is 2.59. The Morgan fingerprint density at radius 2 is 1.94 bits per heavy atom. The minimum atomic E-state index is -0.864. The van der Waals surface area contributed by atoms with Gasteiger partial charge in [0.25, 0.3) is 0 Å². The molecule has 0 heterocycles. The molecule has 0 saturated heterocycles. The monoisotopic (exact) mass is 241 g/mol. The molecule has 0 saturated carbocycles. The number of aliphatic carboxylic acids is 1. The van der Waals surface area contributed by atoms with Gasteiger partial charge in [-0.1, -0.05) is 19.9 Å². The molecule has 1 amide bonds. The van der Waals surface area contributed by atoms with Crippen LogP contribution in [0.25, 0.3) is 0 Å². The molecule has 0 spiro atoms. The van der Waals surface area contributed by atoms with Gasteiger partial charge in [0.1, 0.15) is 0 Å². The van der Waals surface area contributed by atoms with Gasteiger partial charge in [-0.3, -0.25) is 9.59 Å². The second-order valence-electron chi connectivity index (χ2n) is 5.16. The molecule has 0 aromatic carbocycles. The number of hydrogen-bond donors (Lipinski definition) is 1. The molecule has 0 fully saturated rings. The molecule has 0 aliphatic carbocycles. The molecular weight excluding hydrogens is 218 g/mol. The molecule has 4 heteroatoms. The van der Waals surface area contributed by atoms with E-state index in [0.29, 0.717) is 6.54 Å². The van der Waals surface area contributed by atoms with Gasteiger partial charge in [0, 0.05) is 20.0 Å². The third kappa shape index (κ3) is 7.55. The fraction of sp³-hybridized carbons (Fsp3) is 0.692. The molecule has 98 valence electrons. The zero-order valence-electron chi connectivity index (χ0n) is 11.0. The van der Waals surface area contributed by atoms with Gasteiger partial charge < -0.3 is 10.0 Å². The molecule has 0 aliphatic heterocycles. The van der Waals surface area contributed by atoms with E-state index < -0.39 is 11.4 Å². The summed E-state index contributed by atoms with van der Waals surface area (Å²) in [4.78, 5) is 24.1. The summed E-state index contributed by atoms with van der Waals surface area (Å²) in [5.41, 5.74) is -0.490. The van der Waals surface area contributed by atoms with Gasteiger partial charge in [0.15, 0.2) is 0 Å². The van der Waals surface area contributed by atoms with Crippen molar-refractivity contribution in [1.82, 2.24) is 4.90 Å². The lowest BCUT2D eigenvalue weighted by atomic mass is 9.85. The number of carbonyl (C=O) groups is 2. The van der Waals surface area contributed by atoms with E-state index in [-0.39, 0.29) is 18.7 Å². The number of carboxylic acids is 1. The van der Waals surface area contributed by atoms with Crippen molar-refractivity contribution < 1.29 is 14.7 Å². The highest BCUT2D eigenvalue weighted by molar-refractivity contribution is 5.77. The normalized spacial score (nSPS) is 11.0. The number of hydrogen-bond acceptors (Lipinski definition) is 2. The highest BCUT2D eigenvalue weighted by Gasteiger charge is 2.26. The van der Waals surface area contributed by atoms with E-state index in [2.05, 4.69) is 6.58 Å². The molecule has 0 aliphatic rings. The molecule has 0 aromatic heterocycles. The van der Waals surface area contributed by atoms with Gasteiger partial charge in [-0.15, -0.1) is 6.58 Å². The highest BCUT2D eigenvalue weighted by Crippen LogP contribution is 2.25. The van der Waals surface area contributed by atoms with Crippen LogP contribution >= 0.6 is 0 Å². The van der Waals surface area contributed by atoms with Crippen LogP contribution in [0.1, 0.15) is 39.5 Å². The summed E-state index contributed by atoms with van der Waals surface area (Å²) in [6, 6.07) is 0. The van der Waals surface area contributed by atoms with Crippen molar-refractivity contribution in [1.29, 1.82) is 0 Å². The Labute approximate surface area is 103 Å². The molecule has 0 bridgehead atoms. The molecule has 0 rings (SSSR count). The Morgan fingerprint density at radius 1 is 1.35 bits per heavy atom. The molecule has 4 nitrogen and oxygen atoms in total. The lowest BCUT2D eigenvalue weighted by Gasteiger charge is -2.25. The average molecular weight is 241 g/mol. The van der Waals surface area contributed by atoms with E-state index in [9.17, 15) is 9.59 Å². The van der Waals surface area contributed by atoms with Crippen LogP contribution in [-0.2, 0) is 9.59 Å². The van der Waals surface area contributed by atoms with Crippen LogP contribution < -0.4 is 0 Å². The van der Waals surface area contributed by atoms with Crippen molar-refractivity contribution in [2.24, 2.45) is 5.41 Å². The van der Waals surface area contributed by atoms with E-state index in [1.165, 1.54) is 0 Å². The van der Waals surface area contributed by atoms with E-state index in [4.69, 9.17) is 5.11 Å². The molecule has 0 unspecified atom stereocenters. The number of rotatable bonds is 8. The van der Waals surface area contributed by atoms with E-state index >= 15 is 0 Å². The summed E-state index contributed by atoms with van der Waals surface area (Å²) in [6.45, 7) is 7.92. The maximum absolute atomic E-state index is 11.8. The first-order chi connectivity index (χ1) is 7.78. The number of unbranched alkanes of at least 4 members (excludes halogenated alkanes) is 1. The molecular formula is C13H23NO3. The van der Waals surface area contributed by atoms with E-state index in [1.54, 1.807) is 25.8 Å². The van der Waals surface area contributed by atoms with Gasteiger partial charge >= 0.3 is 5.97 Å². The predicted molar refractivity (Wildman–Crippen MR) is 67.7 cm³/mol. The largest absolute Gasteiger partial charge is 0.481 e. The van der Waals surface area contributed by atoms with Crippen LogP contribution in [-0.4, -0.2) is 35.5 Å². The topological polar surface area (TPSA) is 57.6 Å². The molecule has 0 atom stereocenters. The first-order valence-corrected chi connectivity index (χ1v) is 5.85. The Balaban J connectivity index is 4.13. The van der Waals surface area contributed by atoms with Crippen molar-refractivity contribution in [2.75, 3.05) is 13.6 Å². The van der Waals surface area contributed by atoms with E-state index in [1.807, 2.05) is 6.08 Å². The molecule has 1 N–H and O–H groups in total. The summed E-state index contributed by atoms with van der Waals surface area (Å²) in [6.07, 6.45) is 3.89. The van der Waals surface area contributed by atoms with Crippen LogP contribution in [0, 0.1) is 5.41 Å². The summed E-state index contributed by atoms with van der Waals surface area (Å²) >= 11 is 0. The lowest BCUT2D eigenvalue weighted by Crippen LogP contribution is -2.32. The Kier molecular flexibility index (Phi) is 6.54. The van der Waals surface area contributed by atoms with Crippen molar-refractivity contribution in [2.45, 2.75) is 39.5 Å². The quantitative estimate of drug-likeness (QED) is 0.524. The van der Waals surface area contributed by atoms with Crippen molar-refractivity contribution in [3.05, 3.63) is 12.7 Å². The summed E-state index contributed by atoms with van der Waals surface area (Å²) in [5, 5.41) is 8.74. The van der Waals surface area contributed by atoms with E-state index in [0.717, 1.165) is 12.8 Å². The number of carboxylic acid groups (broad SMARTS) is 1. The summed E-state index contributed by atoms with van der Waals surface area (Å²) < 4.78 is 0.